The molecule has 2 aromatic carbocycles. The number of sulfonamides is 1. The van der Waals surface area contributed by atoms with Gasteiger partial charge in [0.15, 0.2) is 5.13 Å². The number of aryl methyl sites for hydroxylation is 1. The molecule has 33 heavy (non-hydrogen) atoms. The average molecular weight is 488 g/mol. The minimum Gasteiger partial charge on any atom is -0.465 e. The fourth-order valence-electron chi connectivity index (χ4n) is 3.07. The van der Waals surface area contributed by atoms with Crippen molar-refractivity contribution in [1.82, 2.24) is 15.2 Å². The number of hydrogen-bond acceptors (Lipinski definition) is 8. The second kappa shape index (κ2) is 8.12. The molecule has 0 unspecified atom stereocenters. The standard InChI is InChI=1S/C21H21N5O5S2/c1-12-5-8-14(9-6-12)33(29,30)25-18-24-23-17(31-18)13-7-10-15-16(11-13)32-19(22-15)26(20(27)28)21(2,3)4/h5-11H,1-4H3,(H,24,25)(H,27,28). The molecule has 0 radical (unpaired) electrons. The molecule has 0 atom stereocenters. The van der Waals surface area contributed by atoms with Crippen LogP contribution >= 0.6 is 11.3 Å². The lowest BCUT2D eigenvalue weighted by Crippen LogP contribution is -2.45. The maximum absolute atomic E-state index is 12.5. The maximum atomic E-state index is 12.5. The van der Waals surface area contributed by atoms with Crippen LogP contribution in [0.3, 0.4) is 0 Å². The summed E-state index contributed by atoms with van der Waals surface area (Å²) in [7, 11) is -3.88. The van der Waals surface area contributed by atoms with Gasteiger partial charge in [0.2, 0.25) is 5.89 Å². The number of carboxylic acid groups (broad SMARTS) is 1. The van der Waals surface area contributed by atoms with E-state index in [1.165, 1.54) is 28.4 Å². The number of fused-ring (bicyclic) bond motifs is 1. The number of rotatable bonds is 5. The molecule has 0 aliphatic carbocycles. The molecule has 0 saturated heterocycles. The predicted molar refractivity (Wildman–Crippen MR) is 125 cm³/mol. The molecule has 0 fully saturated rings. The first kappa shape index (κ1) is 22.7. The first-order chi connectivity index (χ1) is 15.4. The normalized spacial score (nSPS) is 12.1. The van der Waals surface area contributed by atoms with E-state index in [4.69, 9.17) is 4.42 Å². The molecule has 2 aromatic heterocycles. The molecule has 12 heteroatoms. The Morgan fingerprint density at radius 2 is 1.82 bits per heavy atom. The van der Waals surface area contributed by atoms with E-state index < -0.39 is 21.7 Å². The van der Waals surface area contributed by atoms with Gasteiger partial charge in [0.05, 0.1) is 15.1 Å². The lowest BCUT2D eigenvalue weighted by molar-refractivity contribution is 0.195. The van der Waals surface area contributed by atoms with E-state index in [9.17, 15) is 18.3 Å². The smallest absolute Gasteiger partial charge is 0.414 e. The Morgan fingerprint density at radius 3 is 2.45 bits per heavy atom. The van der Waals surface area contributed by atoms with E-state index in [1.54, 1.807) is 51.1 Å². The van der Waals surface area contributed by atoms with Gasteiger partial charge in [-0.25, -0.2) is 27.8 Å². The van der Waals surface area contributed by atoms with Crippen LogP contribution in [0.25, 0.3) is 21.7 Å². The van der Waals surface area contributed by atoms with Gasteiger partial charge in [0.1, 0.15) is 0 Å². The molecule has 4 rings (SSSR count). The summed E-state index contributed by atoms with van der Waals surface area (Å²) < 4.78 is 33.6. The maximum Gasteiger partial charge on any atom is 0.414 e. The largest absolute Gasteiger partial charge is 0.465 e. The van der Waals surface area contributed by atoms with Crippen LogP contribution in [0.2, 0.25) is 0 Å². The van der Waals surface area contributed by atoms with Gasteiger partial charge in [-0.05, 0) is 58.0 Å². The minimum absolute atomic E-state index is 0.0771. The van der Waals surface area contributed by atoms with E-state index >= 15 is 0 Å². The topological polar surface area (TPSA) is 139 Å². The summed E-state index contributed by atoms with van der Waals surface area (Å²) in [6.07, 6.45) is -1.09. The van der Waals surface area contributed by atoms with Crippen molar-refractivity contribution in [3.8, 4) is 11.5 Å². The van der Waals surface area contributed by atoms with E-state index in [1.807, 2.05) is 6.92 Å². The zero-order valence-electron chi connectivity index (χ0n) is 18.2. The van der Waals surface area contributed by atoms with Crippen molar-refractivity contribution in [2.45, 2.75) is 38.1 Å². The van der Waals surface area contributed by atoms with Gasteiger partial charge in [0.25, 0.3) is 10.0 Å². The highest BCUT2D eigenvalue weighted by molar-refractivity contribution is 7.92. The van der Waals surface area contributed by atoms with Crippen molar-refractivity contribution < 1.29 is 22.7 Å². The zero-order valence-corrected chi connectivity index (χ0v) is 19.9. The number of carbonyl (C=O) groups is 1. The molecule has 172 valence electrons. The Morgan fingerprint density at radius 1 is 1.12 bits per heavy atom. The van der Waals surface area contributed by atoms with Crippen LogP contribution in [0, 0.1) is 6.92 Å². The molecule has 2 heterocycles. The fourth-order valence-corrected chi connectivity index (χ4v) is 5.18. The summed E-state index contributed by atoms with van der Waals surface area (Å²) >= 11 is 1.22. The van der Waals surface area contributed by atoms with Gasteiger partial charge in [0, 0.05) is 11.1 Å². The number of nitrogens with zero attached hydrogens (tertiary/aromatic N) is 4. The molecule has 0 spiro atoms. The third kappa shape index (κ3) is 4.66. The van der Waals surface area contributed by atoms with Crippen LogP contribution in [0.5, 0.6) is 0 Å². The Balaban J connectivity index is 1.61. The van der Waals surface area contributed by atoms with Crippen molar-refractivity contribution in [3.63, 3.8) is 0 Å². The lowest BCUT2D eigenvalue weighted by Gasteiger charge is -2.30. The number of benzene rings is 2. The molecule has 2 N–H and O–H groups in total. The highest BCUT2D eigenvalue weighted by atomic mass is 32.2. The Labute approximate surface area is 194 Å². The number of hydrogen-bond donors (Lipinski definition) is 2. The number of thiazole rings is 1. The number of nitrogens with one attached hydrogen (secondary N) is 1. The summed E-state index contributed by atoms with van der Waals surface area (Å²) in [5.74, 6) is 0.111. The van der Waals surface area contributed by atoms with Crippen LogP contribution in [0.4, 0.5) is 15.9 Å². The second-order valence-electron chi connectivity index (χ2n) is 8.30. The van der Waals surface area contributed by atoms with Crippen molar-refractivity contribution in [2.75, 3.05) is 9.62 Å². The van der Waals surface area contributed by atoms with Crippen LogP contribution in [-0.2, 0) is 10.0 Å². The Kier molecular flexibility index (Phi) is 5.58. The van der Waals surface area contributed by atoms with Crippen LogP contribution in [0.15, 0.2) is 51.8 Å². The third-order valence-corrected chi connectivity index (χ3v) is 6.99. The van der Waals surface area contributed by atoms with Crippen molar-refractivity contribution >= 4 is 48.8 Å². The molecule has 0 saturated carbocycles. The Hall–Kier alpha value is -3.51. The van der Waals surface area contributed by atoms with Gasteiger partial charge in [-0.3, -0.25) is 0 Å². The van der Waals surface area contributed by atoms with Crippen molar-refractivity contribution in [1.29, 1.82) is 0 Å². The summed E-state index contributed by atoms with van der Waals surface area (Å²) in [5.41, 5.74) is 1.43. The summed E-state index contributed by atoms with van der Waals surface area (Å²) in [5, 5.41) is 17.7. The van der Waals surface area contributed by atoms with Gasteiger partial charge in [-0.1, -0.05) is 34.1 Å². The monoisotopic (exact) mass is 487 g/mol. The first-order valence-corrected chi connectivity index (χ1v) is 12.1. The quantitative estimate of drug-likeness (QED) is 0.412. The first-order valence-electron chi connectivity index (χ1n) is 9.81. The van der Waals surface area contributed by atoms with Gasteiger partial charge in [-0.15, -0.1) is 5.10 Å². The van der Waals surface area contributed by atoms with E-state index in [2.05, 4.69) is 19.9 Å². The molecule has 0 bridgehead atoms. The fraction of sp³-hybridized carbons (Fsp3) is 0.238. The molecule has 0 aliphatic rings. The summed E-state index contributed by atoms with van der Waals surface area (Å²) in [6, 6.07) is 11.2. The average Bonchev–Trinajstić information content (AvgIpc) is 3.32. The Bertz CT molecular complexity index is 1440. The van der Waals surface area contributed by atoms with Crippen LogP contribution in [0.1, 0.15) is 26.3 Å². The second-order valence-corrected chi connectivity index (χ2v) is 11.0. The van der Waals surface area contributed by atoms with Crippen LogP contribution in [-0.4, -0.2) is 40.3 Å². The summed E-state index contributed by atoms with van der Waals surface area (Å²) in [4.78, 5) is 17.5. The highest BCUT2D eigenvalue weighted by Crippen LogP contribution is 2.35. The predicted octanol–water partition coefficient (Wildman–Crippen LogP) is 4.74. The van der Waals surface area contributed by atoms with Crippen LogP contribution < -0.4 is 9.62 Å². The van der Waals surface area contributed by atoms with Crippen molar-refractivity contribution in [3.05, 3.63) is 48.0 Å². The number of amides is 1. The molecule has 10 nitrogen and oxygen atoms in total. The van der Waals surface area contributed by atoms with Gasteiger partial charge < -0.3 is 9.52 Å². The van der Waals surface area contributed by atoms with E-state index in [-0.39, 0.29) is 16.8 Å². The van der Waals surface area contributed by atoms with Gasteiger partial charge in [-0.2, -0.15) is 0 Å². The number of aromatic nitrogens is 3. The molecule has 0 aliphatic heterocycles. The van der Waals surface area contributed by atoms with E-state index in [0.717, 1.165) is 10.3 Å². The molecular weight excluding hydrogens is 466 g/mol. The molecule has 4 aromatic rings. The van der Waals surface area contributed by atoms with Gasteiger partial charge >= 0.3 is 12.1 Å². The SMILES string of the molecule is Cc1ccc(S(=O)(=O)Nc2nnc(-c3ccc4nc(N(C(=O)O)C(C)(C)C)sc4c3)o2)cc1. The minimum atomic E-state index is -3.88. The summed E-state index contributed by atoms with van der Waals surface area (Å²) in [6.45, 7) is 7.22. The van der Waals surface area contributed by atoms with Crippen molar-refractivity contribution in [2.24, 2.45) is 0 Å². The third-order valence-electron chi connectivity index (χ3n) is 4.66. The zero-order chi connectivity index (χ0) is 24.0. The molecule has 1 amide bonds. The lowest BCUT2D eigenvalue weighted by atomic mass is 10.1. The van der Waals surface area contributed by atoms with E-state index in [0.29, 0.717) is 16.2 Å². The highest BCUT2D eigenvalue weighted by Gasteiger charge is 2.30. The molecular formula is C21H21N5O5S2. The number of anilines is 2.